The lowest BCUT2D eigenvalue weighted by molar-refractivity contribution is -0.119. The second kappa shape index (κ2) is 9.74. The van der Waals surface area contributed by atoms with Gasteiger partial charge >= 0.3 is 0 Å². The quantitative estimate of drug-likeness (QED) is 0.720. The van der Waals surface area contributed by atoms with Crippen LogP contribution in [-0.2, 0) is 9.53 Å². The van der Waals surface area contributed by atoms with Gasteiger partial charge in [0.05, 0.1) is 12.2 Å². The summed E-state index contributed by atoms with van der Waals surface area (Å²) in [6.07, 6.45) is 7.69. The van der Waals surface area contributed by atoms with Crippen LogP contribution in [0.15, 0.2) is 18.2 Å². The van der Waals surface area contributed by atoms with Crippen molar-refractivity contribution in [2.75, 3.05) is 43.6 Å². The van der Waals surface area contributed by atoms with E-state index in [-0.39, 0.29) is 17.7 Å². The molecule has 1 heterocycles. The summed E-state index contributed by atoms with van der Waals surface area (Å²) in [5.74, 6) is 0.0549. The molecular weight excluding hydrogens is 342 g/mol. The molecule has 148 valence electrons. The van der Waals surface area contributed by atoms with Gasteiger partial charge in [-0.1, -0.05) is 12.8 Å². The van der Waals surface area contributed by atoms with Crippen LogP contribution in [0.3, 0.4) is 0 Å². The number of rotatable bonds is 7. The normalized spacial score (nSPS) is 17.7. The van der Waals surface area contributed by atoms with Crippen LogP contribution >= 0.6 is 0 Å². The maximum absolute atomic E-state index is 12.8. The fourth-order valence-corrected chi connectivity index (χ4v) is 4.00. The smallest absolute Gasteiger partial charge is 0.253 e. The Balaban J connectivity index is 1.78. The van der Waals surface area contributed by atoms with Crippen LogP contribution in [0.5, 0.6) is 0 Å². The van der Waals surface area contributed by atoms with Crippen molar-refractivity contribution in [2.45, 2.75) is 44.9 Å². The van der Waals surface area contributed by atoms with Crippen molar-refractivity contribution in [3.05, 3.63) is 23.8 Å². The van der Waals surface area contributed by atoms with E-state index >= 15 is 0 Å². The number of methoxy groups -OCH3 is 1. The number of ether oxygens (including phenoxy) is 1. The first-order valence-corrected chi connectivity index (χ1v) is 10.2. The third-order valence-electron chi connectivity index (χ3n) is 5.52. The summed E-state index contributed by atoms with van der Waals surface area (Å²) in [4.78, 5) is 27.5. The van der Waals surface area contributed by atoms with Gasteiger partial charge in [-0.25, -0.2) is 0 Å². The SMILES string of the molecule is COCCNC(=O)c1cc(NC(=O)C2CCCC2)ccc1N1CCCCC1. The summed E-state index contributed by atoms with van der Waals surface area (Å²) in [6.45, 7) is 2.87. The summed E-state index contributed by atoms with van der Waals surface area (Å²) in [6, 6.07) is 5.71. The van der Waals surface area contributed by atoms with E-state index < -0.39 is 0 Å². The molecule has 1 aromatic rings. The van der Waals surface area contributed by atoms with Crippen LogP contribution in [0.1, 0.15) is 55.3 Å². The Morgan fingerprint density at radius 3 is 2.56 bits per heavy atom. The minimum atomic E-state index is -0.121. The van der Waals surface area contributed by atoms with Crippen LogP contribution < -0.4 is 15.5 Å². The molecule has 1 aliphatic carbocycles. The maximum Gasteiger partial charge on any atom is 0.253 e. The van der Waals surface area contributed by atoms with Gasteiger partial charge in [-0.15, -0.1) is 0 Å². The van der Waals surface area contributed by atoms with Crippen molar-refractivity contribution in [1.82, 2.24) is 5.32 Å². The lowest BCUT2D eigenvalue weighted by Gasteiger charge is -2.30. The average Bonchev–Trinajstić information content (AvgIpc) is 3.24. The highest BCUT2D eigenvalue weighted by atomic mass is 16.5. The molecule has 0 aromatic heterocycles. The van der Waals surface area contributed by atoms with E-state index in [1.165, 1.54) is 6.42 Å². The van der Waals surface area contributed by atoms with Gasteiger partial charge in [0.15, 0.2) is 0 Å². The molecular formula is C21H31N3O3. The minimum absolute atomic E-state index is 0.0731. The fourth-order valence-electron chi connectivity index (χ4n) is 4.00. The van der Waals surface area contributed by atoms with Gasteiger partial charge in [-0.05, 0) is 50.3 Å². The van der Waals surface area contributed by atoms with E-state index in [4.69, 9.17) is 4.74 Å². The van der Waals surface area contributed by atoms with Gasteiger partial charge < -0.3 is 20.3 Å². The number of hydrogen-bond donors (Lipinski definition) is 2. The summed E-state index contributed by atoms with van der Waals surface area (Å²) in [5, 5.41) is 5.93. The summed E-state index contributed by atoms with van der Waals surface area (Å²) >= 11 is 0. The van der Waals surface area contributed by atoms with Crippen molar-refractivity contribution < 1.29 is 14.3 Å². The van der Waals surface area contributed by atoms with Crippen molar-refractivity contribution in [3.8, 4) is 0 Å². The third kappa shape index (κ3) is 5.22. The van der Waals surface area contributed by atoms with Crippen LogP contribution in [0.25, 0.3) is 0 Å². The Morgan fingerprint density at radius 1 is 1.11 bits per heavy atom. The van der Waals surface area contributed by atoms with Gasteiger partial charge in [0, 0.05) is 44.0 Å². The summed E-state index contributed by atoms with van der Waals surface area (Å²) < 4.78 is 5.03. The van der Waals surface area contributed by atoms with Crippen molar-refractivity contribution in [2.24, 2.45) is 5.92 Å². The molecule has 0 spiro atoms. The predicted molar refractivity (Wildman–Crippen MR) is 107 cm³/mol. The molecule has 2 amide bonds. The fraction of sp³-hybridized carbons (Fsp3) is 0.619. The maximum atomic E-state index is 12.8. The number of piperidine rings is 1. The molecule has 6 heteroatoms. The molecule has 2 N–H and O–H groups in total. The number of nitrogens with zero attached hydrogens (tertiary/aromatic N) is 1. The van der Waals surface area contributed by atoms with Gasteiger partial charge in [-0.3, -0.25) is 9.59 Å². The highest BCUT2D eigenvalue weighted by Crippen LogP contribution is 2.29. The molecule has 1 saturated heterocycles. The molecule has 0 atom stereocenters. The summed E-state index contributed by atoms with van der Waals surface area (Å²) in [5.41, 5.74) is 2.27. The second-order valence-corrected chi connectivity index (χ2v) is 7.50. The van der Waals surface area contributed by atoms with Gasteiger partial charge in [0.1, 0.15) is 0 Å². The number of amides is 2. The Kier molecular flexibility index (Phi) is 7.10. The molecule has 1 aliphatic heterocycles. The lowest BCUT2D eigenvalue weighted by Crippen LogP contribution is -2.33. The molecule has 27 heavy (non-hydrogen) atoms. The Morgan fingerprint density at radius 2 is 1.85 bits per heavy atom. The van der Waals surface area contributed by atoms with Gasteiger partial charge in [0.2, 0.25) is 5.91 Å². The molecule has 2 fully saturated rings. The van der Waals surface area contributed by atoms with E-state index in [1.807, 2.05) is 18.2 Å². The van der Waals surface area contributed by atoms with Gasteiger partial charge in [-0.2, -0.15) is 0 Å². The second-order valence-electron chi connectivity index (χ2n) is 7.50. The van der Waals surface area contributed by atoms with E-state index in [9.17, 15) is 9.59 Å². The first-order valence-electron chi connectivity index (χ1n) is 10.2. The monoisotopic (exact) mass is 373 g/mol. The largest absolute Gasteiger partial charge is 0.383 e. The molecule has 0 unspecified atom stereocenters. The number of benzene rings is 1. The Hall–Kier alpha value is -2.08. The van der Waals surface area contributed by atoms with Gasteiger partial charge in [0.25, 0.3) is 5.91 Å². The van der Waals surface area contributed by atoms with E-state index in [0.717, 1.165) is 57.3 Å². The average molecular weight is 373 g/mol. The zero-order chi connectivity index (χ0) is 19.1. The van der Waals surface area contributed by atoms with E-state index in [2.05, 4.69) is 15.5 Å². The Labute approximate surface area is 161 Å². The first kappa shape index (κ1) is 19.7. The van der Waals surface area contributed by atoms with Crippen LogP contribution in [0, 0.1) is 5.92 Å². The predicted octanol–water partition coefficient (Wildman–Crippen LogP) is 3.18. The minimum Gasteiger partial charge on any atom is -0.383 e. The van der Waals surface area contributed by atoms with E-state index in [1.54, 1.807) is 7.11 Å². The number of carbonyl (C=O) groups excluding carboxylic acids is 2. The lowest BCUT2D eigenvalue weighted by atomic mass is 10.0. The number of nitrogens with one attached hydrogen (secondary N) is 2. The topological polar surface area (TPSA) is 70.7 Å². The summed E-state index contributed by atoms with van der Waals surface area (Å²) in [7, 11) is 1.62. The molecule has 2 aliphatic rings. The molecule has 1 saturated carbocycles. The van der Waals surface area contributed by atoms with Crippen LogP contribution in [0.2, 0.25) is 0 Å². The third-order valence-corrected chi connectivity index (χ3v) is 5.52. The number of hydrogen-bond acceptors (Lipinski definition) is 4. The molecule has 0 bridgehead atoms. The van der Waals surface area contributed by atoms with E-state index in [0.29, 0.717) is 24.4 Å². The molecule has 3 rings (SSSR count). The van der Waals surface area contributed by atoms with Crippen molar-refractivity contribution in [1.29, 1.82) is 0 Å². The number of carbonyl (C=O) groups is 2. The Bertz CT molecular complexity index is 650. The number of anilines is 2. The van der Waals surface area contributed by atoms with Crippen LogP contribution in [-0.4, -0.2) is 45.2 Å². The van der Waals surface area contributed by atoms with Crippen molar-refractivity contribution >= 4 is 23.2 Å². The zero-order valence-corrected chi connectivity index (χ0v) is 16.3. The highest BCUT2D eigenvalue weighted by Gasteiger charge is 2.24. The molecule has 6 nitrogen and oxygen atoms in total. The van der Waals surface area contributed by atoms with Crippen molar-refractivity contribution in [3.63, 3.8) is 0 Å². The molecule has 0 radical (unpaired) electrons. The first-order chi connectivity index (χ1) is 13.2. The van der Waals surface area contributed by atoms with Crippen LogP contribution in [0.4, 0.5) is 11.4 Å². The molecule has 1 aromatic carbocycles. The zero-order valence-electron chi connectivity index (χ0n) is 16.3. The highest BCUT2D eigenvalue weighted by molar-refractivity contribution is 6.02. The standard InChI is InChI=1S/C21H31N3O3/c1-27-14-11-22-21(26)18-15-17(23-20(25)16-7-3-4-8-16)9-10-19(18)24-12-5-2-6-13-24/h9-10,15-16H,2-8,11-14H2,1H3,(H,22,26)(H,23,25).